The van der Waals surface area contributed by atoms with Crippen LogP contribution < -0.4 is 10.1 Å². The summed E-state index contributed by atoms with van der Waals surface area (Å²) in [6.07, 6.45) is 2.24. The Morgan fingerprint density at radius 1 is 1.50 bits per heavy atom. The first kappa shape index (κ1) is 15.3. The third-order valence-electron chi connectivity index (χ3n) is 3.29. The van der Waals surface area contributed by atoms with Crippen LogP contribution in [-0.2, 0) is 0 Å². The summed E-state index contributed by atoms with van der Waals surface area (Å²) in [4.78, 5) is 13.8. The molecule has 1 atom stereocenters. The summed E-state index contributed by atoms with van der Waals surface area (Å²) in [5.74, 6) is 1.06. The molecule has 110 valence electrons. The van der Waals surface area contributed by atoms with Crippen LogP contribution in [0.2, 0.25) is 10.0 Å². The van der Waals surface area contributed by atoms with E-state index in [4.69, 9.17) is 27.9 Å². The van der Waals surface area contributed by atoms with Crippen molar-refractivity contribution in [1.29, 1.82) is 0 Å². The number of rotatable bonds is 3. The molecule has 20 heavy (non-hydrogen) atoms. The highest BCUT2D eigenvalue weighted by Gasteiger charge is 2.20. The number of piperidine rings is 1. The van der Waals surface area contributed by atoms with E-state index >= 15 is 0 Å². The minimum absolute atomic E-state index is 0.0884. The van der Waals surface area contributed by atoms with Crippen molar-refractivity contribution in [3.8, 4) is 5.75 Å². The highest BCUT2D eigenvalue weighted by atomic mass is 35.5. The van der Waals surface area contributed by atoms with E-state index in [0.717, 1.165) is 19.5 Å². The Kier molecular flexibility index (Phi) is 5.38. The van der Waals surface area contributed by atoms with Gasteiger partial charge < -0.3 is 15.0 Å². The molecule has 2 amide bonds. The van der Waals surface area contributed by atoms with E-state index in [1.807, 2.05) is 4.90 Å². The Bertz CT molecular complexity index is 482. The van der Waals surface area contributed by atoms with Gasteiger partial charge in [0.1, 0.15) is 5.75 Å². The van der Waals surface area contributed by atoms with Gasteiger partial charge in [-0.25, -0.2) is 4.79 Å². The van der Waals surface area contributed by atoms with Crippen LogP contribution in [-0.4, -0.2) is 30.8 Å². The van der Waals surface area contributed by atoms with E-state index in [0.29, 0.717) is 21.7 Å². The first-order chi connectivity index (χ1) is 9.56. The SMILES string of the molecule is CC1CCCN(C(=O)NCOc2ccc(Cl)cc2Cl)C1. The van der Waals surface area contributed by atoms with Crippen molar-refractivity contribution in [2.45, 2.75) is 19.8 Å². The number of carbonyl (C=O) groups is 1. The van der Waals surface area contributed by atoms with E-state index in [1.54, 1.807) is 18.2 Å². The molecule has 0 saturated carbocycles. The Labute approximate surface area is 129 Å². The van der Waals surface area contributed by atoms with Crippen molar-refractivity contribution in [2.75, 3.05) is 19.8 Å². The second-order valence-electron chi connectivity index (χ2n) is 5.04. The summed E-state index contributed by atoms with van der Waals surface area (Å²) < 4.78 is 5.43. The fraction of sp³-hybridized carbons (Fsp3) is 0.500. The van der Waals surface area contributed by atoms with Crippen LogP contribution in [0, 0.1) is 5.92 Å². The highest BCUT2D eigenvalue weighted by Crippen LogP contribution is 2.27. The second kappa shape index (κ2) is 7.04. The number of urea groups is 1. The van der Waals surface area contributed by atoms with Crippen molar-refractivity contribution in [1.82, 2.24) is 10.2 Å². The molecule has 1 N–H and O–H groups in total. The number of nitrogens with zero attached hydrogens (tertiary/aromatic N) is 1. The monoisotopic (exact) mass is 316 g/mol. The fourth-order valence-electron chi connectivity index (χ4n) is 2.25. The number of carbonyl (C=O) groups excluding carboxylic acids is 1. The maximum atomic E-state index is 12.0. The zero-order chi connectivity index (χ0) is 14.5. The number of hydrogen-bond acceptors (Lipinski definition) is 2. The first-order valence-electron chi connectivity index (χ1n) is 6.67. The standard InChI is InChI=1S/C14H18Cl2N2O2/c1-10-3-2-6-18(8-10)14(19)17-9-20-13-5-4-11(15)7-12(13)16/h4-5,7,10H,2-3,6,8-9H2,1H3,(H,17,19). The summed E-state index contributed by atoms with van der Waals surface area (Å²) in [7, 11) is 0. The van der Waals surface area contributed by atoms with Crippen LogP contribution in [0.1, 0.15) is 19.8 Å². The molecule has 1 fully saturated rings. The Morgan fingerprint density at radius 2 is 2.30 bits per heavy atom. The number of ether oxygens (including phenoxy) is 1. The largest absolute Gasteiger partial charge is 0.472 e. The minimum Gasteiger partial charge on any atom is -0.472 e. The number of amides is 2. The van der Waals surface area contributed by atoms with E-state index in [9.17, 15) is 4.79 Å². The molecular weight excluding hydrogens is 299 g/mol. The van der Waals surface area contributed by atoms with Crippen molar-refractivity contribution < 1.29 is 9.53 Å². The Balaban J connectivity index is 1.79. The number of halogens is 2. The van der Waals surface area contributed by atoms with Gasteiger partial charge in [-0.15, -0.1) is 0 Å². The number of likely N-dealkylation sites (tertiary alicyclic amines) is 1. The lowest BCUT2D eigenvalue weighted by Crippen LogP contribution is -2.46. The lowest BCUT2D eigenvalue weighted by molar-refractivity contribution is 0.160. The molecule has 1 heterocycles. The molecule has 4 nitrogen and oxygen atoms in total. The molecule has 0 radical (unpaired) electrons. The van der Waals surface area contributed by atoms with Gasteiger partial charge >= 0.3 is 6.03 Å². The van der Waals surface area contributed by atoms with Crippen LogP contribution in [0.25, 0.3) is 0 Å². The van der Waals surface area contributed by atoms with Gasteiger partial charge in [0, 0.05) is 18.1 Å². The average molecular weight is 317 g/mol. The van der Waals surface area contributed by atoms with Crippen LogP contribution in [0.4, 0.5) is 4.79 Å². The summed E-state index contributed by atoms with van der Waals surface area (Å²) in [5, 5.41) is 3.72. The zero-order valence-corrected chi connectivity index (χ0v) is 12.9. The quantitative estimate of drug-likeness (QED) is 0.862. The van der Waals surface area contributed by atoms with Crippen molar-refractivity contribution >= 4 is 29.2 Å². The van der Waals surface area contributed by atoms with Gasteiger partial charge in [0.15, 0.2) is 6.73 Å². The van der Waals surface area contributed by atoms with Gasteiger partial charge in [-0.05, 0) is 37.0 Å². The maximum Gasteiger partial charge on any atom is 0.320 e. The van der Waals surface area contributed by atoms with Gasteiger partial charge in [-0.3, -0.25) is 0 Å². The van der Waals surface area contributed by atoms with Crippen LogP contribution in [0.15, 0.2) is 18.2 Å². The lowest BCUT2D eigenvalue weighted by atomic mass is 10.0. The molecule has 0 spiro atoms. The molecule has 1 aliphatic rings. The Hall–Kier alpha value is -1.13. The molecule has 1 saturated heterocycles. The Morgan fingerprint density at radius 3 is 3.00 bits per heavy atom. The van der Waals surface area contributed by atoms with E-state index in [-0.39, 0.29) is 12.8 Å². The summed E-state index contributed by atoms with van der Waals surface area (Å²) in [6, 6.07) is 4.88. The third-order valence-corrected chi connectivity index (χ3v) is 3.82. The summed E-state index contributed by atoms with van der Waals surface area (Å²) >= 11 is 11.8. The second-order valence-corrected chi connectivity index (χ2v) is 5.88. The molecule has 1 unspecified atom stereocenters. The topological polar surface area (TPSA) is 41.6 Å². The van der Waals surface area contributed by atoms with Gasteiger partial charge in [0.25, 0.3) is 0 Å². The molecule has 0 aliphatic carbocycles. The van der Waals surface area contributed by atoms with Gasteiger partial charge in [0.05, 0.1) is 5.02 Å². The minimum atomic E-state index is -0.0957. The zero-order valence-electron chi connectivity index (χ0n) is 11.4. The molecule has 1 aromatic carbocycles. The van der Waals surface area contributed by atoms with Crippen molar-refractivity contribution in [3.63, 3.8) is 0 Å². The van der Waals surface area contributed by atoms with Crippen molar-refractivity contribution in [2.24, 2.45) is 5.92 Å². The van der Waals surface area contributed by atoms with Crippen LogP contribution in [0.5, 0.6) is 5.75 Å². The molecule has 0 bridgehead atoms. The third kappa shape index (κ3) is 4.18. The van der Waals surface area contributed by atoms with E-state index in [1.165, 1.54) is 6.42 Å². The first-order valence-corrected chi connectivity index (χ1v) is 7.42. The molecule has 1 aromatic rings. The van der Waals surface area contributed by atoms with Crippen molar-refractivity contribution in [3.05, 3.63) is 28.2 Å². The summed E-state index contributed by atoms with van der Waals surface area (Å²) in [5.41, 5.74) is 0. The molecular formula is C14H18Cl2N2O2. The average Bonchev–Trinajstić information content (AvgIpc) is 2.41. The highest BCUT2D eigenvalue weighted by molar-refractivity contribution is 6.35. The predicted octanol–water partition coefficient (Wildman–Crippen LogP) is 3.77. The van der Waals surface area contributed by atoms with Crippen LogP contribution >= 0.6 is 23.2 Å². The smallest absolute Gasteiger partial charge is 0.320 e. The van der Waals surface area contributed by atoms with E-state index < -0.39 is 0 Å². The van der Waals surface area contributed by atoms with Crippen LogP contribution in [0.3, 0.4) is 0 Å². The molecule has 6 heteroatoms. The predicted molar refractivity (Wildman–Crippen MR) is 80.5 cm³/mol. The number of hydrogen-bond donors (Lipinski definition) is 1. The number of benzene rings is 1. The molecule has 0 aromatic heterocycles. The fourth-order valence-corrected chi connectivity index (χ4v) is 2.72. The molecule has 2 rings (SSSR count). The summed E-state index contributed by atoms with van der Waals surface area (Å²) in [6.45, 7) is 3.85. The van der Waals surface area contributed by atoms with Gasteiger partial charge in [0.2, 0.25) is 0 Å². The number of nitrogens with one attached hydrogen (secondary N) is 1. The molecule has 1 aliphatic heterocycles. The van der Waals surface area contributed by atoms with Gasteiger partial charge in [-0.1, -0.05) is 30.1 Å². The van der Waals surface area contributed by atoms with Gasteiger partial charge in [-0.2, -0.15) is 0 Å². The normalized spacial score (nSPS) is 18.8. The van der Waals surface area contributed by atoms with E-state index in [2.05, 4.69) is 12.2 Å². The lowest BCUT2D eigenvalue weighted by Gasteiger charge is -2.30. The maximum absolute atomic E-state index is 12.0.